The molecule has 0 bridgehead atoms. The van der Waals surface area contributed by atoms with Crippen molar-refractivity contribution in [3.63, 3.8) is 0 Å². The zero-order valence-corrected chi connectivity index (χ0v) is 13.6. The molecule has 0 radical (unpaired) electrons. The Hall–Kier alpha value is -1.10. The number of alkyl halides is 3. The highest BCUT2D eigenvalue weighted by molar-refractivity contribution is 6.32. The largest absolute Gasteiger partial charge is 0.417 e. The van der Waals surface area contributed by atoms with Gasteiger partial charge in [0.15, 0.2) is 0 Å². The SMILES string of the molecule is C=C(/C=C(\C(Cl)=C/N)C(F)(F)F)N(C)CCCCC(C)C. The molecule has 0 aromatic carbocycles. The zero-order valence-electron chi connectivity index (χ0n) is 12.8. The molecule has 0 amide bonds. The van der Waals surface area contributed by atoms with Gasteiger partial charge < -0.3 is 10.6 Å². The van der Waals surface area contributed by atoms with Gasteiger partial charge in [-0.2, -0.15) is 13.2 Å². The molecule has 0 fully saturated rings. The summed E-state index contributed by atoms with van der Waals surface area (Å²) in [5.41, 5.74) is 4.35. The highest BCUT2D eigenvalue weighted by Crippen LogP contribution is 2.33. The van der Waals surface area contributed by atoms with Crippen LogP contribution in [0.2, 0.25) is 0 Å². The summed E-state index contributed by atoms with van der Waals surface area (Å²) in [7, 11) is 1.71. The minimum atomic E-state index is -4.56. The van der Waals surface area contributed by atoms with Gasteiger partial charge in [-0.15, -0.1) is 0 Å². The van der Waals surface area contributed by atoms with E-state index in [1.807, 2.05) is 0 Å². The Bertz CT molecular complexity index is 398. The van der Waals surface area contributed by atoms with E-state index in [1.165, 1.54) is 0 Å². The van der Waals surface area contributed by atoms with E-state index in [9.17, 15) is 13.2 Å². The Kier molecular flexibility index (Phi) is 8.55. The van der Waals surface area contributed by atoms with Crippen LogP contribution in [0.15, 0.2) is 35.2 Å². The molecule has 21 heavy (non-hydrogen) atoms. The lowest BCUT2D eigenvalue weighted by atomic mass is 10.1. The van der Waals surface area contributed by atoms with Crippen molar-refractivity contribution in [1.29, 1.82) is 0 Å². The quantitative estimate of drug-likeness (QED) is 0.514. The maximum absolute atomic E-state index is 12.9. The molecule has 0 aliphatic carbocycles. The van der Waals surface area contributed by atoms with Crippen molar-refractivity contribution in [2.24, 2.45) is 11.7 Å². The minimum absolute atomic E-state index is 0.256. The van der Waals surface area contributed by atoms with E-state index < -0.39 is 16.8 Å². The Morgan fingerprint density at radius 1 is 1.33 bits per heavy atom. The molecule has 0 saturated heterocycles. The Balaban J connectivity index is 4.70. The van der Waals surface area contributed by atoms with Crippen LogP contribution in [0.25, 0.3) is 0 Å². The van der Waals surface area contributed by atoms with Gasteiger partial charge in [0.25, 0.3) is 0 Å². The number of likely N-dealkylation sites (N-methyl/N-ethyl adjacent to an activating group) is 1. The Labute approximate surface area is 130 Å². The van der Waals surface area contributed by atoms with Crippen molar-refractivity contribution in [2.45, 2.75) is 39.3 Å². The zero-order chi connectivity index (χ0) is 16.6. The van der Waals surface area contributed by atoms with Crippen LogP contribution in [0, 0.1) is 5.92 Å². The van der Waals surface area contributed by atoms with E-state index in [0.717, 1.165) is 31.5 Å². The first-order valence-electron chi connectivity index (χ1n) is 6.86. The van der Waals surface area contributed by atoms with Gasteiger partial charge in [0.05, 0.1) is 10.6 Å². The van der Waals surface area contributed by atoms with E-state index in [-0.39, 0.29) is 5.70 Å². The summed E-state index contributed by atoms with van der Waals surface area (Å²) in [6.45, 7) is 8.59. The van der Waals surface area contributed by atoms with Gasteiger partial charge in [0.2, 0.25) is 0 Å². The number of nitrogens with two attached hydrogens (primary N) is 1. The molecule has 0 aliphatic rings. The fourth-order valence-corrected chi connectivity index (χ4v) is 1.86. The molecule has 122 valence electrons. The maximum Gasteiger partial charge on any atom is 0.417 e. The third-order valence-electron chi connectivity index (χ3n) is 3.04. The van der Waals surface area contributed by atoms with Gasteiger partial charge >= 0.3 is 6.18 Å². The predicted molar refractivity (Wildman–Crippen MR) is 82.7 cm³/mol. The number of nitrogens with zero attached hydrogens (tertiary/aromatic N) is 1. The summed E-state index contributed by atoms with van der Waals surface area (Å²) in [5, 5.41) is -0.531. The topological polar surface area (TPSA) is 29.3 Å². The average molecular weight is 325 g/mol. The summed E-state index contributed by atoms with van der Waals surface area (Å²) in [5.74, 6) is 0.628. The third kappa shape index (κ3) is 8.05. The van der Waals surface area contributed by atoms with Gasteiger partial charge in [-0.1, -0.05) is 44.9 Å². The van der Waals surface area contributed by atoms with Crippen molar-refractivity contribution in [3.8, 4) is 0 Å². The van der Waals surface area contributed by atoms with Crippen LogP contribution in [-0.4, -0.2) is 24.7 Å². The number of allylic oxidation sites excluding steroid dienone is 3. The molecule has 0 aromatic rings. The summed E-state index contributed by atoms with van der Waals surface area (Å²) in [6.07, 6.45) is 0.142. The average Bonchev–Trinajstić information content (AvgIpc) is 2.37. The lowest BCUT2D eigenvalue weighted by Gasteiger charge is -2.21. The highest BCUT2D eigenvalue weighted by atomic mass is 35.5. The predicted octanol–water partition coefficient (Wildman–Crippen LogP) is 4.79. The smallest absolute Gasteiger partial charge is 0.403 e. The van der Waals surface area contributed by atoms with Crippen LogP contribution in [0.1, 0.15) is 33.1 Å². The van der Waals surface area contributed by atoms with Gasteiger partial charge in [0.1, 0.15) is 0 Å². The molecule has 0 rings (SSSR count). The summed E-state index contributed by atoms with van der Waals surface area (Å²) >= 11 is 5.51. The van der Waals surface area contributed by atoms with Crippen molar-refractivity contribution in [2.75, 3.05) is 13.6 Å². The molecular formula is C15H24ClF3N2. The van der Waals surface area contributed by atoms with Gasteiger partial charge in [-0.3, -0.25) is 0 Å². The van der Waals surface area contributed by atoms with E-state index in [0.29, 0.717) is 12.5 Å². The van der Waals surface area contributed by atoms with Crippen molar-refractivity contribution in [1.82, 2.24) is 4.90 Å². The van der Waals surface area contributed by atoms with E-state index >= 15 is 0 Å². The molecule has 0 spiro atoms. The lowest BCUT2D eigenvalue weighted by molar-refractivity contribution is -0.0887. The first-order valence-corrected chi connectivity index (χ1v) is 7.24. The highest BCUT2D eigenvalue weighted by Gasteiger charge is 2.35. The molecule has 6 heteroatoms. The number of rotatable bonds is 8. The summed E-state index contributed by atoms with van der Waals surface area (Å²) < 4.78 is 38.6. The van der Waals surface area contributed by atoms with Gasteiger partial charge in [-0.05, 0) is 18.4 Å². The summed E-state index contributed by atoms with van der Waals surface area (Å²) in [4.78, 5) is 1.69. The molecule has 0 aromatic heterocycles. The number of halogens is 4. The van der Waals surface area contributed by atoms with Crippen molar-refractivity contribution >= 4 is 11.6 Å². The van der Waals surface area contributed by atoms with Crippen LogP contribution < -0.4 is 5.73 Å². The second-order valence-electron chi connectivity index (χ2n) is 5.37. The number of hydrogen-bond donors (Lipinski definition) is 1. The standard InChI is InChI=1S/C15H24ClF3N2/c1-11(2)7-5-6-8-21(4)12(3)9-13(14(16)10-20)15(17,18)19/h9-11H,3,5-8,20H2,1-2,4H3/b13-9+,14-10+. The maximum atomic E-state index is 12.9. The number of unbranched alkanes of at least 4 members (excludes halogenated alkanes) is 1. The fourth-order valence-electron chi connectivity index (χ4n) is 1.70. The van der Waals surface area contributed by atoms with Crippen LogP contribution in [0.3, 0.4) is 0 Å². The second-order valence-corrected chi connectivity index (χ2v) is 5.78. The van der Waals surface area contributed by atoms with Gasteiger partial charge in [0, 0.05) is 25.5 Å². The first-order chi connectivity index (χ1) is 9.59. The minimum Gasteiger partial charge on any atom is -0.403 e. The Morgan fingerprint density at radius 3 is 2.33 bits per heavy atom. The van der Waals surface area contributed by atoms with Gasteiger partial charge in [-0.25, -0.2) is 0 Å². The molecule has 2 nitrogen and oxygen atoms in total. The van der Waals surface area contributed by atoms with Crippen LogP contribution in [-0.2, 0) is 0 Å². The second kappa shape index (κ2) is 9.03. The molecule has 0 unspecified atom stereocenters. The van der Waals surface area contributed by atoms with E-state index in [1.54, 1.807) is 11.9 Å². The Morgan fingerprint density at radius 2 is 1.90 bits per heavy atom. The molecular weight excluding hydrogens is 301 g/mol. The molecule has 0 saturated carbocycles. The lowest BCUT2D eigenvalue weighted by Crippen LogP contribution is -2.20. The monoisotopic (exact) mass is 324 g/mol. The van der Waals surface area contributed by atoms with E-state index in [2.05, 4.69) is 20.4 Å². The molecule has 0 aliphatic heterocycles. The fraction of sp³-hybridized carbons (Fsp3) is 0.600. The summed E-state index contributed by atoms with van der Waals surface area (Å²) in [6, 6.07) is 0. The van der Waals surface area contributed by atoms with Crippen molar-refractivity contribution < 1.29 is 13.2 Å². The normalized spacial score (nSPS) is 13.7. The van der Waals surface area contributed by atoms with E-state index in [4.69, 9.17) is 17.3 Å². The van der Waals surface area contributed by atoms with Crippen LogP contribution in [0.5, 0.6) is 0 Å². The molecule has 2 N–H and O–H groups in total. The van der Waals surface area contributed by atoms with Crippen LogP contribution in [0.4, 0.5) is 13.2 Å². The number of hydrogen-bond acceptors (Lipinski definition) is 2. The van der Waals surface area contributed by atoms with Crippen molar-refractivity contribution in [3.05, 3.63) is 35.2 Å². The third-order valence-corrected chi connectivity index (χ3v) is 3.36. The first kappa shape index (κ1) is 19.9. The molecule has 0 heterocycles. The van der Waals surface area contributed by atoms with Crippen LogP contribution >= 0.6 is 11.6 Å². The molecule has 0 atom stereocenters.